The van der Waals surface area contributed by atoms with Crippen LogP contribution >= 0.6 is 0 Å². The average Bonchev–Trinajstić information content (AvgIpc) is 3.03. The maximum absolute atomic E-state index is 12.5. The predicted octanol–water partition coefficient (Wildman–Crippen LogP) is -0.251. The SMILES string of the molecule is CC1CCN(S(=O)(=O)c2cnn(CCC(=O)O)c2)C1CO. The number of carbonyl (C=O) groups is 1. The zero-order valence-corrected chi connectivity index (χ0v) is 12.5. The highest BCUT2D eigenvalue weighted by molar-refractivity contribution is 7.89. The first-order valence-electron chi connectivity index (χ1n) is 6.73. The number of aliphatic carboxylic acids is 1. The largest absolute Gasteiger partial charge is 0.481 e. The third-order valence-electron chi connectivity index (χ3n) is 3.79. The number of hydrogen-bond acceptors (Lipinski definition) is 5. The smallest absolute Gasteiger partial charge is 0.305 e. The van der Waals surface area contributed by atoms with E-state index in [0.29, 0.717) is 13.0 Å². The van der Waals surface area contributed by atoms with Crippen LogP contribution < -0.4 is 0 Å². The molecule has 0 saturated carbocycles. The number of nitrogens with zero attached hydrogens (tertiary/aromatic N) is 3. The molecule has 1 aromatic heterocycles. The lowest BCUT2D eigenvalue weighted by molar-refractivity contribution is -0.137. The van der Waals surface area contributed by atoms with Gasteiger partial charge in [0.05, 0.1) is 31.8 Å². The Hall–Kier alpha value is -1.45. The van der Waals surface area contributed by atoms with Crippen LogP contribution in [0.2, 0.25) is 0 Å². The number of aliphatic hydroxyl groups is 1. The number of aromatic nitrogens is 2. The second kappa shape index (κ2) is 6.12. The van der Waals surface area contributed by atoms with E-state index >= 15 is 0 Å². The molecule has 1 fully saturated rings. The maximum Gasteiger partial charge on any atom is 0.305 e. The summed E-state index contributed by atoms with van der Waals surface area (Å²) in [7, 11) is -3.71. The standard InChI is InChI=1S/C12H19N3O5S/c1-9-2-5-15(11(9)8-16)21(19,20)10-6-13-14(7-10)4-3-12(17)18/h6-7,9,11,16H,2-5,8H2,1H3,(H,17,18). The first kappa shape index (κ1) is 15.9. The molecule has 1 aliphatic heterocycles. The molecule has 1 aromatic rings. The molecule has 9 heteroatoms. The molecule has 2 N–H and O–H groups in total. The number of carboxylic acid groups (broad SMARTS) is 1. The number of hydrogen-bond donors (Lipinski definition) is 2. The van der Waals surface area contributed by atoms with E-state index in [0.717, 1.165) is 0 Å². The van der Waals surface area contributed by atoms with E-state index in [9.17, 15) is 18.3 Å². The van der Waals surface area contributed by atoms with Gasteiger partial charge in [0.1, 0.15) is 4.90 Å². The summed E-state index contributed by atoms with van der Waals surface area (Å²) in [5.41, 5.74) is 0. The molecule has 1 saturated heterocycles. The molecule has 118 valence electrons. The summed E-state index contributed by atoms with van der Waals surface area (Å²) in [5.74, 6) is -0.865. The van der Waals surface area contributed by atoms with Crippen LogP contribution in [0.15, 0.2) is 17.3 Å². The molecule has 2 atom stereocenters. The van der Waals surface area contributed by atoms with Crippen molar-refractivity contribution in [3.63, 3.8) is 0 Å². The van der Waals surface area contributed by atoms with Crippen molar-refractivity contribution in [2.24, 2.45) is 5.92 Å². The van der Waals surface area contributed by atoms with E-state index in [-0.39, 0.29) is 30.4 Å². The van der Waals surface area contributed by atoms with Crippen molar-refractivity contribution in [3.05, 3.63) is 12.4 Å². The van der Waals surface area contributed by atoms with Crippen LogP contribution in [0.25, 0.3) is 0 Å². The van der Waals surface area contributed by atoms with E-state index < -0.39 is 22.0 Å². The minimum absolute atomic E-state index is 0.0282. The molecule has 0 spiro atoms. The fourth-order valence-electron chi connectivity index (χ4n) is 2.49. The van der Waals surface area contributed by atoms with Crippen LogP contribution in [-0.4, -0.2) is 57.9 Å². The third-order valence-corrected chi connectivity index (χ3v) is 5.67. The van der Waals surface area contributed by atoms with Gasteiger partial charge in [0.2, 0.25) is 10.0 Å². The van der Waals surface area contributed by atoms with Crippen LogP contribution in [0.1, 0.15) is 19.8 Å². The van der Waals surface area contributed by atoms with E-state index in [1.54, 1.807) is 0 Å². The molecule has 2 heterocycles. The number of aliphatic hydroxyl groups excluding tert-OH is 1. The van der Waals surface area contributed by atoms with Gasteiger partial charge < -0.3 is 10.2 Å². The molecule has 0 amide bonds. The topological polar surface area (TPSA) is 113 Å². The Morgan fingerprint density at radius 3 is 2.86 bits per heavy atom. The lowest BCUT2D eigenvalue weighted by atomic mass is 10.0. The van der Waals surface area contributed by atoms with Crippen LogP contribution in [0, 0.1) is 5.92 Å². The quantitative estimate of drug-likeness (QED) is 0.748. The Morgan fingerprint density at radius 1 is 1.52 bits per heavy atom. The lowest BCUT2D eigenvalue weighted by Crippen LogP contribution is -2.39. The van der Waals surface area contributed by atoms with E-state index in [1.165, 1.54) is 21.4 Å². The van der Waals surface area contributed by atoms with Gasteiger partial charge in [0.15, 0.2) is 0 Å². The van der Waals surface area contributed by atoms with Gasteiger partial charge in [-0.3, -0.25) is 9.48 Å². The summed E-state index contributed by atoms with van der Waals surface area (Å²) in [4.78, 5) is 10.5. The lowest BCUT2D eigenvalue weighted by Gasteiger charge is -2.23. The number of carboxylic acids is 1. The van der Waals surface area contributed by atoms with Crippen LogP contribution in [-0.2, 0) is 21.4 Å². The molecule has 0 aromatic carbocycles. The normalized spacial score (nSPS) is 23.5. The Kier molecular flexibility index (Phi) is 4.64. The first-order valence-corrected chi connectivity index (χ1v) is 8.17. The zero-order chi connectivity index (χ0) is 15.6. The molecule has 2 rings (SSSR count). The Bertz CT molecular complexity index is 612. The fourth-order valence-corrected chi connectivity index (χ4v) is 4.17. The van der Waals surface area contributed by atoms with Gasteiger partial charge in [-0.25, -0.2) is 8.42 Å². The number of aryl methyl sites for hydroxylation is 1. The number of sulfonamides is 1. The minimum atomic E-state index is -3.71. The molecular formula is C12H19N3O5S. The summed E-state index contributed by atoms with van der Waals surface area (Å²) in [5, 5.41) is 21.9. The van der Waals surface area contributed by atoms with Crippen molar-refractivity contribution >= 4 is 16.0 Å². The van der Waals surface area contributed by atoms with Crippen molar-refractivity contribution in [1.29, 1.82) is 0 Å². The van der Waals surface area contributed by atoms with Crippen molar-refractivity contribution in [1.82, 2.24) is 14.1 Å². The molecule has 0 aliphatic carbocycles. The zero-order valence-electron chi connectivity index (χ0n) is 11.7. The molecule has 0 bridgehead atoms. The van der Waals surface area contributed by atoms with Crippen LogP contribution in [0.3, 0.4) is 0 Å². The average molecular weight is 317 g/mol. The number of rotatable bonds is 6. The Balaban J connectivity index is 2.18. The second-order valence-electron chi connectivity index (χ2n) is 5.21. The van der Waals surface area contributed by atoms with Gasteiger partial charge in [-0.2, -0.15) is 9.40 Å². The van der Waals surface area contributed by atoms with Crippen LogP contribution in [0.5, 0.6) is 0 Å². The summed E-state index contributed by atoms with van der Waals surface area (Å²) in [6.45, 7) is 2.18. The van der Waals surface area contributed by atoms with Crippen molar-refractivity contribution < 1.29 is 23.4 Å². The Morgan fingerprint density at radius 2 is 2.24 bits per heavy atom. The van der Waals surface area contributed by atoms with E-state index in [2.05, 4.69) is 5.10 Å². The highest BCUT2D eigenvalue weighted by Gasteiger charge is 2.39. The first-order chi connectivity index (χ1) is 9.86. The highest BCUT2D eigenvalue weighted by Crippen LogP contribution is 2.29. The van der Waals surface area contributed by atoms with Crippen molar-refractivity contribution in [3.8, 4) is 0 Å². The van der Waals surface area contributed by atoms with Crippen molar-refractivity contribution in [2.45, 2.75) is 37.2 Å². The highest BCUT2D eigenvalue weighted by atomic mass is 32.2. The van der Waals surface area contributed by atoms with E-state index in [1.807, 2.05) is 6.92 Å². The molecule has 8 nitrogen and oxygen atoms in total. The van der Waals surface area contributed by atoms with Gasteiger partial charge in [-0.05, 0) is 12.3 Å². The molecule has 0 radical (unpaired) electrons. The fraction of sp³-hybridized carbons (Fsp3) is 0.667. The van der Waals surface area contributed by atoms with E-state index in [4.69, 9.17) is 5.11 Å². The molecule has 2 unspecified atom stereocenters. The van der Waals surface area contributed by atoms with Gasteiger partial charge in [0.25, 0.3) is 0 Å². The summed E-state index contributed by atoms with van der Waals surface area (Å²) >= 11 is 0. The van der Waals surface area contributed by atoms with Crippen molar-refractivity contribution in [2.75, 3.05) is 13.2 Å². The van der Waals surface area contributed by atoms with Gasteiger partial charge in [-0.15, -0.1) is 0 Å². The predicted molar refractivity (Wildman–Crippen MR) is 73.0 cm³/mol. The van der Waals surface area contributed by atoms with Gasteiger partial charge in [0, 0.05) is 12.7 Å². The van der Waals surface area contributed by atoms with Gasteiger partial charge in [-0.1, -0.05) is 6.92 Å². The summed E-state index contributed by atoms with van der Waals surface area (Å²) < 4.78 is 27.7. The Labute approximate surface area is 123 Å². The molecule has 1 aliphatic rings. The third kappa shape index (κ3) is 3.25. The molecular weight excluding hydrogens is 298 g/mol. The minimum Gasteiger partial charge on any atom is -0.481 e. The summed E-state index contributed by atoms with van der Waals surface area (Å²) in [6.07, 6.45) is 3.13. The monoisotopic (exact) mass is 317 g/mol. The maximum atomic E-state index is 12.5. The van der Waals surface area contributed by atoms with Gasteiger partial charge >= 0.3 is 5.97 Å². The molecule has 21 heavy (non-hydrogen) atoms. The van der Waals surface area contributed by atoms with Crippen LogP contribution in [0.4, 0.5) is 0 Å². The summed E-state index contributed by atoms with van der Waals surface area (Å²) in [6, 6.07) is -0.419. The second-order valence-corrected chi connectivity index (χ2v) is 7.11.